The molecule has 0 amide bonds. The highest BCUT2D eigenvalue weighted by Crippen LogP contribution is 2.14. The highest BCUT2D eigenvalue weighted by atomic mass is 14.0. The number of allylic oxidation sites excluding steroid dienone is 4. The molecule has 0 atom stereocenters. The van der Waals surface area contributed by atoms with Crippen molar-refractivity contribution in [2.75, 3.05) is 0 Å². The Hall–Kier alpha value is -1.56. The third kappa shape index (κ3) is 11.6. The quantitative estimate of drug-likeness (QED) is 0.262. The van der Waals surface area contributed by atoms with E-state index in [4.69, 9.17) is 0 Å². The molecule has 0 spiro atoms. The van der Waals surface area contributed by atoms with Crippen LogP contribution in [0.5, 0.6) is 0 Å². The Labute approximate surface area is 144 Å². The Morgan fingerprint density at radius 3 is 1.96 bits per heavy atom. The molecule has 0 saturated carbocycles. The summed E-state index contributed by atoms with van der Waals surface area (Å²) >= 11 is 0. The molecule has 0 N–H and O–H groups in total. The summed E-state index contributed by atoms with van der Waals surface area (Å²) in [4.78, 5) is 0. The van der Waals surface area contributed by atoms with Crippen LogP contribution < -0.4 is 0 Å². The van der Waals surface area contributed by atoms with Gasteiger partial charge in [-0.15, -0.1) is 0 Å². The molecule has 1 aromatic rings. The lowest BCUT2D eigenvalue weighted by Gasteiger charge is -2.03. The third-order valence-corrected chi connectivity index (χ3v) is 4.16. The Morgan fingerprint density at radius 1 is 0.783 bits per heavy atom. The Bertz CT molecular complexity index is 464. The minimum atomic E-state index is 1.10. The van der Waals surface area contributed by atoms with Gasteiger partial charge in [-0.25, -0.2) is 0 Å². The largest absolute Gasteiger partial charge is 0.0961 e. The maximum atomic E-state index is 4.09. The summed E-state index contributed by atoms with van der Waals surface area (Å²) in [5, 5.41) is 0. The van der Waals surface area contributed by atoms with Crippen molar-refractivity contribution in [3.63, 3.8) is 0 Å². The molecule has 0 heteroatoms. The predicted molar refractivity (Wildman–Crippen MR) is 105 cm³/mol. The minimum Gasteiger partial charge on any atom is -0.0961 e. The zero-order chi connectivity index (χ0) is 16.8. The molecule has 0 radical (unpaired) electrons. The van der Waals surface area contributed by atoms with Crippen LogP contribution in [0.15, 0.2) is 66.8 Å². The van der Waals surface area contributed by atoms with E-state index in [-0.39, 0.29) is 0 Å². The van der Waals surface area contributed by atoms with E-state index in [2.05, 4.69) is 55.6 Å². The monoisotopic (exact) mass is 310 g/mol. The summed E-state index contributed by atoms with van der Waals surface area (Å²) in [6, 6.07) is 10.8. The van der Waals surface area contributed by atoms with E-state index in [9.17, 15) is 0 Å². The van der Waals surface area contributed by atoms with Crippen LogP contribution >= 0.6 is 0 Å². The fraction of sp³-hybridized carbons (Fsp3) is 0.478. The van der Waals surface area contributed by atoms with E-state index in [1.807, 2.05) is 6.92 Å². The van der Waals surface area contributed by atoms with Gasteiger partial charge in [0.15, 0.2) is 0 Å². The molecular formula is C23H34. The summed E-state index contributed by atoms with van der Waals surface area (Å²) in [6.07, 6.45) is 17.4. The van der Waals surface area contributed by atoms with Crippen LogP contribution in [0, 0.1) is 0 Å². The first-order valence-corrected chi connectivity index (χ1v) is 9.24. The van der Waals surface area contributed by atoms with Crippen molar-refractivity contribution in [2.45, 2.75) is 71.1 Å². The normalized spacial score (nSPS) is 11.0. The molecule has 126 valence electrons. The highest BCUT2D eigenvalue weighted by Gasteiger charge is 1.95. The average molecular weight is 311 g/mol. The van der Waals surface area contributed by atoms with Crippen LogP contribution in [0.4, 0.5) is 0 Å². The van der Waals surface area contributed by atoms with Crippen molar-refractivity contribution in [2.24, 2.45) is 0 Å². The van der Waals surface area contributed by atoms with Crippen LogP contribution in [-0.2, 0) is 6.42 Å². The Balaban J connectivity index is 1.86. The topological polar surface area (TPSA) is 0 Å². The molecule has 0 heterocycles. The van der Waals surface area contributed by atoms with Gasteiger partial charge < -0.3 is 0 Å². The molecule has 0 saturated heterocycles. The second kappa shape index (κ2) is 12.9. The fourth-order valence-corrected chi connectivity index (χ4v) is 2.73. The van der Waals surface area contributed by atoms with Gasteiger partial charge in [-0.05, 0) is 38.2 Å². The van der Waals surface area contributed by atoms with Crippen LogP contribution in [-0.4, -0.2) is 0 Å². The SMILES string of the molecule is C=C(C)/C=C\C(=C)CCCCCCCCCCc1ccccc1. The summed E-state index contributed by atoms with van der Waals surface area (Å²) in [6.45, 7) is 9.98. The third-order valence-electron chi connectivity index (χ3n) is 4.16. The van der Waals surface area contributed by atoms with Crippen molar-refractivity contribution >= 4 is 0 Å². The van der Waals surface area contributed by atoms with E-state index < -0.39 is 0 Å². The molecule has 0 aliphatic rings. The first-order chi connectivity index (χ1) is 11.2. The zero-order valence-corrected chi connectivity index (χ0v) is 15.0. The van der Waals surface area contributed by atoms with Crippen molar-refractivity contribution in [3.05, 3.63) is 72.4 Å². The van der Waals surface area contributed by atoms with E-state index in [1.165, 1.54) is 68.9 Å². The second-order valence-corrected chi connectivity index (χ2v) is 6.65. The van der Waals surface area contributed by atoms with Crippen LogP contribution in [0.2, 0.25) is 0 Å². The lowest BCUT2D eigenvalue weighted by atomic mass is 10.0. The van der Waals surface area contributed by atoms with Gasteiger partial charge in [0.2, 0.25) is 0 Å². The molecule has 0 fully saturated rings. The minimum absolute atomic E-state index is 1.10. The van der Waals surface area contributed by atoms with Gasteiger partial charge in [0.1, 0.15) is 0 Å². The number of unbranched alkanes of at least 4 members (excludes halogenated alkanes) is 7. The first kappa shape index (κ1) is 19.5. The molecule has 0 unspecified atom stereocenters. The van der Waals surface area contributed by atoms with Gasteiger partial charge >= 0.3 is 0 Å². The summed E-state index contributed by atoms with van der Waals surface area (Å²) in [5.74, 6) is 0. The van der Waals surface area contributed by atoms with E-state index in [0.29, 0.717) is 0 Å². The standard InChI is InChI=1S/C23H34/c1-21(2)19-20-22(3)15-11-8-6-4-5-7-9-12-16-23-17-13-10-14-18-23/h10,13-14,17-20H,1,3-9,11-12,15-16H2,2H3/b20-19-. The number of hydrogen-bond acceptors (Lipinski definition) is 0. The van der Waals surface area contributed by atoms with E-state index in [1.54, 1.807) is 0 Å². The number of benzene rings is 1. The molecule has 0 aliphatic carbocycles. The van der Waals surface area contributed by atoms with Crippen molar-refractivity contribution in [1.29, 1.82) is 0 Å². The summed E-state index contributed by atoms with van der Waals surface area (Å²) in [7, 11) is 0. The van der Waals surface area contributed by atoms with Crippen LogP contribution in [0.1, 0.15) is 70.3 Å². The fourth-order valence-electron chi connectivity index (χ4n) is 2.73. The van der Waals surface area contributed by atoms with Gasteiger partial charge in [0, 0.05) is 0 Å². The summed E-state index contributed by atoms with van der Waals surface area (Å²) < 4.78 is 0. The molecule has 0 bridgehead atoms. The molecule has 23 heavy (non-hydrogen) atoms. The number of hydrogen-bond donors (Lipinski definition) is 0. The summed E-state index contributed by atoms with van der Waals surface area (Å²) in [5.41, 5.74) is 3.81. The van der Waals surface area contributed by atoms with Gasteiger partial charge in [0.25, 0.3) is 0 Å². The lowest BCUT2D eigenvalue weighted by molar-refractivity contribution is 0.568. The second-order valence-electron chi connectivity index (χ2n) is 6.65. The van der Waals surface area contributed by atoms with Crippen molar-refractivity contribution in [1.82, 2.24) is 0 Å². The zero-order valence-electron chi connectivity index (χ0n) is 15.0. The smallest absolute Gasteiger partial charge is 0.0279 e. The molecule has 0 nitrogen and oxygen atoms in total. The molecule has 1 aromatic carbocycles. The van der Waals surface area contributed by atoms with Crippen LogP contribution in [0.25, 0.3) is 0 Å². The highest BCUT2D eigenvalue weighted by molar-refractivity contribution is 5.22. The molecule has 1 rings (SSSR count). The number of aryl methyl sites for hydroxylation is 1. The van der Waals surface area contributed by atoms with E-state index in [0.717, 1.165) is 12.0 Å². The molecular weight excluding hydrogens is 276 g/mol. The average Bonchev–Trinajstić information content (AvgIpc) is 2.55. The lowest BCUT2D eigenvalue weighted by Crippen LogP contribution is -1.86. The molecule has 0 aliphatic heterocycles. The molecule has 0 aromatic heterocycles. The predicted octanol–water partition coefficient (Wildman–Crippen LogP) is 7.43. The van der Waals surface area contributed by atoms with Gasteiger partial charge in [0.05, 0.1) is 0 Å². The van der Waals surface area contributed by atoms with Gasteiger partial charge in [-0.3, -0.25) is 0 Å². The maximum Gasteiger partial charge on any atom is -0.0279 e. The van der Waals surface area contributed by atoms with Crippen molar-refractivity contribution < 1.29 is 0 Å². The maximum absolute atomic E-state index is 4.09. The Morgan fingerprint density at radius 2 is 1.35 bits per heavy atom. The van der Waals surface area contributed by atoms with Gasteiger partial charge in [-0.1, -0.05) is 105 Å². The van der Waals surface area contributed by atoms with E-state index >= 15 is 0 Å². The first-order valence-electron chi connectivity index (χ1n) is 9.24. The Kier molecular flexibility index (Phi) is 11.0. The van der Waals surface area contributed by atoms with Gasteiger partial charge in [-0.2, -0.15) is 0 Å². The van der Waals surface area contributed by atoms with Crippen LogP contribution in [0.3, 0.4) is 0 Å². The number of rotatable bonds is 13. The van der Waals surface area contributed by atoms with Crippen molar-refractivity contribution in [3.8, 4) is 0 Å².